The Labute approximate surface area is 108 Å². The molecule has 0 amide bonds. The highest BCUT2D eigenvalue weighted by atomic mass is 35.5. The molecular formula is C15H31Cl. The second-order valence-corrected chi connectivity index (χ2v) is 5.95. The molecule has 1 heteroatoms. The van der Waals surface area contributed by atoms with Gasteiger partial charge in [0.2, 0.25) is 0 Å². The largest absolute Gasteiger partial charge is 0.119 e. The molecule has 0 aliphatic carbocycles. The summed E-state index contributed by atoms with van der Waals surface area (Å²) in [6, 6.07) is 0. The minimum Gasteiger partial charge on any atom is -0.119 e. The average molecular weight is 247 g/mol. The van der Waals surface area contributed by atoms with E-state index in [2.05, 4.69) is 27.7 Å². The van der Waals surface area contributed by atoms with E-state index >= 15 is 0 Å². The zero-order valence-corrected chi connectivity index (χ0v) is 12.6. The van der Waals surface area contributed by atoms with Gasteiger partial charge in [-0.3, -0.25) is 0 Å². The maximum absolute atomic E-state index is 6.62. The van der Waals surface area contributed by atoms with Gasteiger partial charge in [-0.2, -0.15) is 0 Å². The van der Waals surface area contributed by atoms with Gasteiger partial charge in [0.15, 0.2) is 0 Å². The Morgan fingerprint density at radius 2 is 1.38 bits per heavy atom. The monoisotopic (exact) mass is 246 g/mol. The van der Waals surface area contributed by atoms with Gasteiger partial charge >= 0.3 is 0 Å². The van der Waals surface area contributed by atoms with E-state index in [9.17, 15) is 0 Å². The van der Waals surface area contributed by atoms with Crippen LogP contribution in [0.2, 0.25) is 0 Å². The fourth-order valence-electron chi connectivity index (χ4n) is 2.44. The molecule has 0 aromatic heterocycles. The topological polar surface area (TPSA) is 0 Å². The molecule has 0 fully saturated rings. The Morgan fingerprint density at radius 3 is 1.88 bits per heavy atom. The van der Waals surface area contributed by atoms with Crippen molar-refractivity contribution < 1.29 is 0 Å². The van der Waals surface area contributed by atoms with Gasteiger partial charge < -0.3 is 0 Å². The van der Waals surface area contributed by atoms with E-state index in [1.54, 1.807) is 0 Å². The molecule has 0 aliphatic heterocycles. The van der Waals surface area contributed by atoms with Gasteiger partial charge in [0.05, 0.1) is 0 Å². The van der Waals surface area contributed by atoms with Crippen molar-refractivity contribution >= 4 is 11.6 Å². The van der Waals surface area contributed by atoms with E-state index in [4.69, 9.17) is 11.6 Å². The molecule has 0 saturated heterocycles. The summed E-state index contributed by atoms with van der Waals surface area (Å²) in [5.74, 6) is 0.662. The predicted molar refractivity (Wildman–Crippen MR) is 76.3 cm³/mol. The quantitative estimate of drug-likeness (QED) is 0.319. The van der Waals surface area contributed by atoms with Crippen LogP contribution in [0.4, 0.5) is 0 Å². The smallest absolute Gasteiger partial charge is 0.0467 e. The second kappa shape index (κ2) is 9.33. The normalized spacial score (nSPS) is 14.1. The minimum atomic E-state index is 0.0589. The minimum absolute atomic E-state index is 0.0589. The number of halogens is 1. The van der Waals surface area contributed by atoms with Crippen molar-refractivity contribution in [3.8, 4) is 0 Å². The van der Waals surface area contributed by atoms with Gasteiger partial charge in [0.1, 0.15) is 0 Å². The van der Waals surface area contributed by atoms with Crippen LogP contribution in [-0.2, 0) is 0 Å². The molecule has 0 aromatic carbocycles. The van der Waals surface area contributed by atoms with E-state index in [0.29, 0.717) is 5.92 Å². The molecule has 0 aliphatic rings. The van der Waals surface area contributed by atoms with Crippen molar-refractivity contribution in [2.75, 3.05) is 0 Å². The third-order valence-corrected chi connectivity index (χ3v) is 4.96. The summed E-state index contributed by atoms with van der Waals surface area (Å²) in [6.07, 6.45) is 11.8. The molecular weight excluding hydrogens is 216 g/mol. The van der Waals surface area contributed by atoms with Crippen LogP contribution < -0.4 is 0 Å². The van der Waals surface area contributed by atoms with Gasteiger partial charge in [-0.15, -0.1) is 11.6 Å². The van der Waals surface area contributed by atoms with Gasteiger partial charge in [-0.1, -0.05) is 66.2 Å². The first-order valence-corrected chi connectivity index (χ1v) is 7.67. The van der Waals surface area contributed by atoms with Gasteiger partial charge in [0, 0.05) is 4.87 Å². The summed E-state index contributed by atoms with van der Waals surface area (Å²) in [6.45, 7) is 9.03. The summed E-state index contributed by atoms with van der Waals surface area (Å²) in [4.78, 5) is 0.0589. The van der Waals surface area contributed by atoms with E-state index in [1.807, 2.05) is 0 Å². The molecule has 0 saturated carbocycles. The van der Waals surface area contributed by atoms with Crippen molar-refractivity contribution in [2.45, 2.75) is 90.4 Å². The van der Waals surface area contributed by atoms with Crippen molar-refractivity contribution in [1.82, 2.24) is 0 Å². The lowest BCUT2D eigenvalue weighted by Crippen LogP contribution is -2.28. The van der Waals surface area contributed by atoms with Crippen LogP contribution in [0.1, 0.15) is 85.5 Å². The summed E-state index contributed by atoms with van der Waals surface area (Å²) in [7, 11) is 0. The number of rotatable bonds is 10. The molecule has 0 bridgehead atoms. The Kier molecular flexibility index (Phi) is 9.50. The van der Waals surface area contributed by atoms with Gasteiger partial charge in [0.25, 0.3) is 0 Å². The molecule has 16 heavy (non-hydrogen) atoms. The summed E-state index contributed by atoms with van der Waals surface area (Å²) < 4.78 is 0. The molecule has 1 unspecified atom stereocenters. The Hall–Kier alpha value is 0.290. The molecule has 0 N–H and O–H groups in total. The summed E-state index contributed by atoms with van der Waals surface area (Å²) >= 11 is 6.62. The summed E-state index contributed by atoms with van der Waals surface area (Å²) in [5, 5.41) is 0. The SMILES string of the molecule is CCCCCCCCC(C)C(Cl)(CC)CC. The second-order valence-electron chi connectivity index (χ2n) is 5.20. The predicted octanol–water partition coefficient (Wildman–Crippen LogP) is 6.17. The third-order valence-electron chi connectivity index (χ3n) is 4.05. The van der Waals surface area contributed by atoms with Crippen molar-refractivity contribution in [2.24, 2.45) is 5.92 Å². The first-order chi connectivity index (χ1) is 7.60. The van der Waals surface area contributed by atoms with Crippen LogP contribution in [0.5, 0.6) is 0 Å². The number of hydrogen-bond acceptors (Lipinski definition) is 0. The molecule has 0 rings (SSSR count). The Bertz CT molecular complexity index is 150. The first-order valence-electron chi connectivity index (χ1n) is 7.29. The zero-order chi connectivity index (χ0) is 12.4. The third kappa shape index (κ3) is 6.13. The zero-order valence-electron chi connectivity index (χ0n) is 11.8. The highest BCUT2D eigenvalue weighted by Crippen LogP contribution is 2.35. The standard InChI is InChI=1S/C15H31Cl/c1-5-8-9-10-11-12-13-14(4)15(16,6-2)7-3/h14H,5-13H2,1-4H3. The van der Waals surface area contributed by atoms with Crippen LogP contribution >= 0.6 is 11.6 Å². The fourth-order valence-corrected chi connectivity index (χ4v) is 2.55. The lowest BCUT2D eigenvalue weighted by molar-refractivity contribution is 0.340. The van der Waals surface area contributed by atoms with E-state index < -0.39 is 0 Å². The molecule has 0 aromatic rings. The fraction of sp³-hybridized carbons (Fsp3) is 1.00. The van der Waals surface area contributed by atoms with Crippen LogP contribution in [0, 0.1) is 5.92 Å². The number of alkyl halides is 1. The molecule has 1 atom stereocenters. The lowest BCUT2D eigenvalue weighted by Gasteiger charge is -2.31. The Morgan fingerprint density at radius 1 is 0.875 bits per heavy atom. The lowest BCUT2D eigenvalue weighted by atomic mass is 9.84. The molecule has 0 radical (unpaired) electrons. The van der Waals surface area contributed by atoms with Crippen LogP contribution in [0.3, 0.4) is 0 Å². The van der Waals surface area contributed by atoms with Gasteiger partial charge in [-0.05, 0) is 25.2 Å². The van der Waals surface area contributed by atoms with Gasteiger partial charge in [-0.25, -0.2) is 0 Å². The van der Waals surface area contributed by atoms with E-state index in [0.717, 1.165) is 12.8 Å². The van der Waals surface area contributed by atoms with Crippen molar-refractivity contribution in [3.05, 3.63) is 0 Å². The molecule has 0 spiro atoms. The van der Waals surface area contributed by atoms with Crippen LogP contribution in [0.25, 0.3) is 0 Å². The molecule has 0 nitrogen and oxygen atoms in total. The molecule has 98 valence electrons. The summed E-state index contributed by atoms with van der Waals surface area (Å²) in [5.41, 5.74) is 0. The van der Waals surface area contributed by atoms with Crippen LogP contribution in [0.15, 0.2) is 0 Å². The molecule has 0 heterocycles. The average Bonchev–Trinajstić information content (AvgIpc) is 2.32. The number of hydrogen-bond donors (Lipinski definition) is 0. The maximum atomic E-state index is 6.62. The highest BCUT2D eigenvalue weighted by molar-refractivity contribution is 6.24. The van der Waals surface area contributed by atoms with E-state index in [-0.39, 0.29) is 4.87 Å². The van der Waals surface area contributed by atoms with E-state index in [1.165, 1.54) is 44.9 Å². The van der Waals surface area contributed by atoms with Crippen LogP contribution in [-0.4, -0.2) is 4.87 Å². The number of unbranched alkanes of at least 4 members (excludes halogenated alkanes) is 5. The highest BCUT2D eigenvalue weighted by Gasteiger charge is 2.29. The van der Waals surface area contributed by atoms with Crippen molar-refractivity contribution in [1.29, 1.82) is 0 Å². The van der Waals surface area contributed by atoms with Crippen molar-refractivity contribution in [3.63, 3.8) is 0 Å². The Balaban J connectivity index is 3.60. The first kappa shape index (κ1) is 16.3. The maximum Gasteiger partial charge on any atom is 0.0467 e.